The van der Waals surface area contributed by atoms with Crippen molar-refractivity contribution < 1.29 is 9.53 Å². The van der Waals surface area contributed by atoms with E-state index in [0.29, 0.717) is 23.0 Å². The number of nitrogens with two attached hydrogens (primary N) is 1. The van der Waals surface area contributed by atoms with Crippen LogP contribution in [-0.2, 0) is 4.74 Å². The van der Waals surface area contributed by atoms with Crippen molar-refractivity contribution in [2.75, 3.05) is 12.8 Å². The molecule has 0 spiro atoms. The van der Waals surface area contributed by atoms with Crippen molar-refractivity contribution in [1.82, 2.24) is 14.8 Å². The van der Waals surface area contributed by atoms with Gasteiger partial charge in [-0.3, -0.25) is 0 Å². The average Bonchev–Trinajstić information content (AvgIpc) is 3.16. The number of pyridine rings is 1. The van der Waals surface area contributed by atoms with Gasteiger partial charge in [0.1, 0.15) is 5.56 Å². The number of hydrogen-bond donors (Lipinski definition) is 1. The predicted octanol–water partition coefficient (Wildman–Crippen LogP) is 1.51. The van der Waals surface area contributed by atoms with E-state index >= 15 is 0 Å². The molecule has 1 fully saturated rings. The maximum Gasteiger partial charge on any atom is 0.341 e. The third-order valence-corrected chi connectivity index (χ3v) is 3.12. The molecule has 98 valence electrons. The Morgan fingerprint density at radius 3 is 3.00 bits per heavy atom. The summed E-state index contributed by atoms with van der Waals surface area (Å²) in [5.74, 6) is 0.517. The highest BCUT2D eigenvalue weighted by Crippen LogP contribution is 2.39. The van der Waals surface area contributed by atoms with Crippen molar-refractivity contribution in [1.29, 1.82) is 0 Å². The van der Waals surface area contributed by atoms with Gasteiger partial charge in [-0.05, 0) is 25.0 Å². The molecule has 0 unspecified atom stereocenters. The minimum absolute atomic E-state index is 0.313. The molecule has 19 heavy (non-hydrogen) atoms. The number of carbonyl (C=O) groups is 1. The van der Waals surface area contributed by atoms with Crippen molar-refractivity contribution in [3.63, 3.8) is 0 Å². The first-order chi connectivity index (χ1) is 9.19. The smallest absolute Gasteiger partial charge is 0.341 e. The van der Waals surface area contributed by atoms with Gasteiger partial charge in [0.05, 0.1) is 24.7 Å². The first-order valence-electron chi connectivity index (χ1n) is 6.09. The Morgan fingerprint density at radius 2 is 2.32 bits per heavy atom. The van der Waals surface area contributed by atoms with E-state index in [1.54, 1.807) is 16.9 Å². The van der Waals surface area contributed by atoms with Gasteiger partial charge in [0.25, 0.3) is 0 Å². The maximum atomic E-state index is 11.8. The van der Waals surface area contributed by atoms with Crippen LogP contribution in [-0.4, -0.2) is 27.8 Å². The van der Waals surface area contributed by atoms with E-state index in [4.69, 9.17) is 10.5 Å². The molecule has 0 amide bonds. The van der Waals surface area contributed by atoms with Gasteiger partial charge in [0, 0.05) is 12.1 Å². The summed E-state index contributed by atoms with van der Waals surface area (Å²) in [6.07, 6.45) is 5.66. The third-order valence-electron chi connectivity index (χ3n) is 3.12. The lowest BCUT2D eigenvalue weighted by Crippen LogP contribution is -2.11. The summed E-state index contributed by atoms with van der Waals surface area (Å²) in [5, 5.41) is 4.46. The fourth-order valence-corrected chi connectivity index (χ4v) is 1.97. The number of carbonyl (C=O) groups excluding carboxylic acids is 1. The highest BCUT2D eigenvalue weighted by atomic mass is 16.5. The van der Waals surface area contributed by atoms with Crippen LogP contribution in [0.25, 0.3) is 5.82 Å². The molecule has 2 aromatic rings. The van der Waals surface area contributed by atoms with Crippen LogP contribution in [0.4, 0.5) is 5.69 Å². The molecule has 6 heteroatoms. The second-order valence-corrected chi connectivity index (χ2v) is 4.59. The van der Waals surface area contributed by atoms with E-state index < -0.39 is 5.97 Å². The van der Waals surface area contributed by atoms with Gasteiger partial charge in [-0.25, -0.2) is 14.5 Å². The van der Waals surface area contributed by atoms with E-state index in [0.717, 1.165) is 5.69 Å². The van der Waals surface area contributed by atoms with Crippen molar-refractivity contribution in [2.45, 2.75) is 18.8 Å². The number of rotatable bonds is 3. The molecule has 0 bridgehead atoms. The fourth-order valence-electron chi connectivity index (χ4n) is 1.97. The molecule has 0 radical (unpaired) electrons. The molecule has 2 heterocycles. The molecular weight excluding hydrogens is 244 g/mol. The quantitative estimate of drug-likeness (QED) is 0.844. The normalized spacial score (nSPS) is 14.4. The van der Waals surface area contributed by atoms with Crippen LogP contribution >= 0.6 is 0 Å². The SMILES string of the molecule is COC(=O)c1cc(N)cnc1-n1ccc(C2CC2)n1. The summed E-state index contributed by atoms with van der Waals surface area (Å²) in [7, 11) is 1.33. The number of ether oxygens (including phenoxy) is 1. The second kappa shape index (κ2) is 4.38. The van der Waals surface area contributed by atoms with Crippen molar-refractivity contribution in [3.8, 4) is 5.82 Å². The standard InChI is InChI=1S/C13H14N4O2/c1-19-13(18)10-6-9(14)7-15-12(10)17-5-4-11(16-17)8-2-3-8/h4-8H,2-3,14H2,1H3. The van der Waals surface area contributed by atoms with Crippen LogP contribution < -0.4 is 5.73 Å². The Balaban J connectivity index is 2.04. The number of nitrogen functional groups attached to an aromatic ring is 1. The van der Waals surface area contributed by atoms with Crippen LogP contribution in [0.15, 0.2) is 24.5 Å². The Bertz CT molecular complexity index is 631. The number of nitrogens with zero attached hydrogens (tertiary/aromatic N) is 3. The molecule has 6 nitrogen and oxygen atoms in total. The number of hydrogen-bond acceptors (Lipinski definition) is 5. The zero-order valence-electron chi connectivity index (χ0n) is 10.5. The molecule has 0 aromatic carbocycles. The van der Waals surface area contributed by atoms with Gasteiger partial charge in [-0.1, -0.05) is 0 Å². The monoisotopic (exact) mass is 258 g/mol. The van der Waals surface area contributed by atoms with Crippen LogP contribution in [0, 0.1) is 0 Å². The summed E-state index contributed by atoms with van der Waals surface area (Å²) in [6.45, 7) is 0. The van der Waals surface area contributed by atoms with Crippen LogP contribution in [0.1, 0.15) is 34.8 Å². The summed E-state index contributed by atoms with van der Waals surface area (Å²) in [5.41, 5.74) is 7.43. The van der Waals surface area contributed by atoms with Gasteiger partial charge in [0.2, 0.25) is 0 Å². The Hall–Kier alpha value is -2.37. The minimum Gasteiger partial charge on any atom is -0.465 e. The van der Waals surface area contributed by atoms with Gasteiger partial charge in [-0.2, -0.15) is 5.10 Å². The molecule has 2 aromatic heterocycles. The van der Waals surface area contributed by atoms with Crippen LogP contribution in [0.2, 0.25) is 0 Å². The number of esters is 1. The highest BCUT2D eigenvalue weighted by molar-refractivity contribution is 5.93. The van der Waals surface area contributed by atoms with Crippen molar-refractivity contribution in [2.24, 2.45) is 0 Å². The largest absolute Gasteiger partial charge is 0.465 e. The lowest BCUT2D eigenvalue weighted by atomic mass is 10.2. The molecule has 0 atom stereocenters. The summed E-state index contributed by atoms with van der Waals surface area (Å²) >= 11 is 0. The topological polar surface area (TPSA) is 83.0 Å². The van der Waals surface area contributed by atoms with Crippen LogP contribution in [0.5, 0.6) is 0 Å². The molecule has 1 aliphatic carbocycles. The predicted molar refractivity (Wildman–Crippen MR) is 69.1 cm³/mol. The fraction of sp³-hybridized carbons (Fsp3) is 0.308. The molecule has 0 saturated heterocycles. The first kappa shape index (κ1) is 11.7. The van der Waals surface area contributed by atoms with Crippen molar-refractivity contribution in [3.05, 3.63) is 35.8 Å². The maximum absolute atomic E-state index is 11.8. The Morgan fingerprint density at radius 1 is 1.53 bits per heavy atom. The van der Waals surface area contributed by atoms with Gasteiger partial charge >= 0.3 is 5.97 Å². The van der Waals surface area contributed by atoms with Gasteiger partial charge in [-0.15, -0.1) is 0 Å². The number of aromatic nitrogens is 3. The number of anilines is 1. The van der Waals surface area contributed by atoms with Gasteiger partial charge < -0.3 is 10.5 Å². The van der Waals surface area contributed by atoms with E-state index in [-0.39, 0.29) is 0 Å². The van der Waals surface area contributed by atoms with E-state index in [2.05, 4.69) is 10.1 Å². The molecular formula is C13H14N4O2. The van der Waals surface area contributed by atoms with Crippen LogP contribution in [0.3, 0.4) is 0 Å². The van der Waals surface area contributed by atoms with E-state index in [1.807, 2.05) is 6.07 Å². The first-order valence-corrected chi connectivity index (χ1v) is 6.09. The number of methoxy groups -OCH3 is 1. The molecule has 2 N–H and O–H groups in total. The summed E-state index contributed by atoms with van der Waals surface area (Å²) in [4.78, 5) is 15.9. The third kappa shape index (κ3) is 2.16. The second-order valence-electron chi connectivity index (χ2n) is 4.59. The average molecular weight is 258 g/mol. The summed E-state index contributed by atoms with van der Waals surface area (Å²) < 4.78 is 6.34. The molecule has 3 rings (SSSR count). The van der Waals surface area contributed by atoms with E-state index in [9.17, 15) is 4.79 Å². The molecule has 1 saturated carbocycles. The van der Waals surface area contributed by atoms with E-state index in [1.165, 1.54) is 26.1 Å². The summed E-state index contributed by atoms with van der Waals surface area (Å²) in [6, 6.07) is 3.50. The Labute approximate surface area is 110 Å². The zero-order chi connectivity index (χ0) is 13.4. The lowest BCUT2D eigenvalue weighted by molar-refractivity contribution is 0.0600. The zero-order valence-corrected chi connectivity index (χ0v) is 10.5. The Kier molecular flexibility index (Phi) is 2.70. The molecule has 0 aliphatic heterocycles. The minimum atomic E-state index is -0.474. The molecule has 1 aliphatic rings. The van der Waals surface area contributed by atoms with Crippen molar-refractivity contribution >= 4 is 11.7 Å². The van der Waals surface area contributed by atoms with Gasteiger partial charge in [0.15, 0.2) is 5.82 Å². The lowest BCUT2D eigenvalue weighted by Gasteiger charge is -2.07. The highest BCUT2D eigenvalue weighted by Gasteiger charge is 2.26.